The number of carbonyl (C=O) groups excluding carboxylic acids is 1. The molecule has 2 heterocycles. The van der Waals surface area contributed by atoms with E-state index in [1.54, 1.807) is 7.11 Å². The molecule has 2 aromatic rings. The van der Waals surface area contributed by atoms with Crippen molar-refractivity contribution in [3.05, 3.63) is 29.1 Å². The van der Waals surface area contributed by atoms with Gasteiger partial charge in [0.2, 0.25) is 5.91 Å². The van der Waals surface area contributed by atoms with Crippen molar-refractivity contribution in [3.63, 3.8) is 0 Å². The van der Waals surface area contributed by atoms with E-state index in [2.05, 4.69) is 15.6 Å². The zero-order valence-electron chi connectivity index (χ0n) is 14.2. The fourth-order valence-electron chi connectivity index (χ4n) is 2.61. The minimum Gasteiger partial charge on any atom is -0.497 e. The van der Waals surface area contributed by atoms with E-state index >= 15 is 0 Å². The van der Waals surface area contributed by atoms with Gasteiger partial charge in [-0.2, -0.15) is 11.8 Å². The number of halogens is 1. The topological polar surface area (TPSA) is 63.2 Å². The van der Waals surface area contributed by atoms with Gasteiger partial charge in [-0.1, -0.05) is 0 Å². The molecule has 0 saturated carbocycles. The normalized spacial score (nSPS) is 16.8. The minimum atomic E-state index is 0. The highest BCUT2D eigenvalue weighted by Gasteiger charge is 2.18. The van der Waals surface area contributed by atoms with Crippen LogP contribution in [0.3, 0.4) is 0 Å². The predicted octanol–water partition coefficient (Wildman–Crippen LogP) is 3.58. The van der Waals surface area contributed by atoms with Crippen LogP contribution in [0.4, 0.5) is 5.13 Å². The lowest BCUT2D eigenvalue weighted by molar-refractivity contribution is -0.116. The van der Waals surface area contributed by atoms with E-state index in [9.17, 15) is 4.79 Å². The van der Waals surface area contributed by atoms with Crippen molar-refractivity contribution < 1.29 is 9.53 Å². The van der Waals surface area contributed by atoms with Crippen molar-refractivity contribution in [2.24, 2.45) is 0 Å². The van der Waals surface area contributed by atoms with Crippen LogP contribution in [0.5, 0.6) is 5.75 Å². The van der Waals surface area contributed by atoms with Gasteiger partial charge in [-0.3, -0.25) is 4.79 Å². The maximum Gasteiger partial charge on any atom is 0.227 e. The predicted molar refractivity (Wildman–Crippen MR) is 108 cm³/mol. The maximum atomic E-state index is 12.2. The van der Waals surface area contributed by atoms with Gasteiger partial charge in [-0.15, -0.1) is 23.7 Å². The lowest BCUT2D eigenvalue weighted by Crippen LogP contribution is -2.39. The number of methoxy groups -OCH3 is 1. The van der Waals surface area contributed by atoms with Crippen molar-refractivity contribution in [3.8, 4) is 17.0 Å². The van der Waals surface area contributed by atoms with E-state index in [0.717, 1.165) is 39.9 Å². The number of nitrogens with zero attached hydrogens (tertiary/aromatic N) is 1. The molecule has 1 amide bonds. The summed E-state index contributed by atoms with van der Waals surface area (Å²) in [7, 11) is 1.65. The maximum absolute atomic E-state index is 12.2. The molecule has 1 aromatic heterocycles. The first-order chi connectivity index (χ1) is 11.7. The number of carbonyl (C=O) groups is 1. The van der Waals surface area contributed by atoms with Gasteiger partial charge in [0.25, 0.3) is 0 Å². The molecule has 1 aromatic carbocycles. The molecule has 1 atom stereocenters. The van der Waals surface area contributed by atoms with Crippen molar-refractivity contribution in [1.82, 2.24) is 10.3 Å². The zero-order chi connectivity index (χ0) is 16.9. The third-order valence-corrected chi connectivity index (χ3v) is 5.85. The van der Waals surface area contributed by atoms with Crippen LogP contribution < -0.4 is 15.4 Å². The fourth-order valence-corrected chi connectivity index (χ4v) is 4.41. The fraction of sp³-hybridized carbons (Fsp3) is 0.412. The molecular weight excluding hydrogens is 378 g/mol. The molecule has 0 spiro atoms. The molecule has 136 valence electrons. The minimum absolute atomic E-state index is 0. The SMILES string of the molecule is COc1ccc(-c2nc(NC(=O)CC3CSCCN3)sc2C)cc1.Cl. The first-order valence-corrected chi connectivity index (χ1v) is 9.85. The lowest BCUT2D eigenvalue weighted by atomic mass is 10.1. The standard InChI is InChI=1S/C17H21N3O2S2.ClH/c1-11-16(12-3-5-14(22-2)6-4-12)20-17(24-11)19-15(21)9-13-10-23-8-7-18-13;/h3-6,13,18H,7-10H2,1-2H3,(H,19,20,21);1H. The van der Waals surface area contributed by atoms with Crippen LogP contribution in [0.1, 0.15) is 11.3 Å². The molecule has 25 heavy (non-hydrogen) atoms. The molecule has 0 aliphatic carbocycles. The Balaban J connectivity index is 0.00000225. The highest BCUT2D eigenvalue weighted by Crippen LogP contribution is 2.31. The van der Waals surface area contributed by atoms with E-state index in [1.165, 1.54) is 11.3 Å². The number of benzene rings is 1. The van der Waals surface area contributed by atoms with Gasteiger partial charge < -0.3 is 15.4 Å². The van der Waals surface area contributed by atoms with Gasteiger partial charge in [0.1, 0.15) is 5.75 Å². The Morgan fingerprint density at radius 3 is 2.80 bits per heavy atom. The van der Waals surface area contributed by atoms with Gasteiger partial charge in [-0.05, 0) is 31.2 Å². The largest absolute Gasteiger partial charge is 0.497 e. The van der Waals surface area contributed by atoms with Crippen molar-refractivity contribution in [2.45, 2.75) is 19.4 Å². The molecule has 0 bridgehead atoms. The Morgan fingerprint density at radius 2 is 2.16 bits per heavy atom. The molecule has 1 unspecified atom stereocenters. The highest BCUT2D eigenvalue weighted by molar-refractivity contribution is 7.99. The van der Waals surface area contributed by atoms with Crippen LogP contribution in [0, 0.1) is 6.92 Å². The summed E-state index contributed by atoms with van der Waals surface area (Å²) in [5, 5.41) is 6.97. The van der Waals surface area contributed by atoms with E-state index in [1.807, 2.05) is 43.0 Å². The second-order valence-corrected chi connectivity index (χ2v) is 7.98. The second kappa shape index (κ2) is 9.43. The Labute approximate surface area is 162 Å². The molecule has 0 radical (unpaired) electrons. The van der Waals surface area contributed by atoms with Gasteiger partial charge in [0.15, 0.2) is 5.13 Å². The lowest BCUT2D eigenvalue weighted by Gasteiger charge is -2.22. The number of hydrogen-bond donors (Lipinski definition) is 2. The first-order valence-electron chi connectivity index (χ1n) is 7.88. The Morgan fingerprint density at radius 1 is 1.40 bits per heavy atom. The highest BCUT2D eigenvalue weighted by atomic mass is 35.5. The van der Waals surface area contributed by atoms with Crippen LogP contribution in [-0.4, -0.2) is 42.1 Å². The number of hydrogen-bond acceptors (Lipinski definition) is 6. The summed E-state index contributed by atoms with van der Waals surface area (Å²) in [4.78, 5) is 17.9. The van der Waals surface area contributed by atoms with Crippen LogP contribution >= 0.6 is 35.5 Å². The third kappa shape index (κ3) is 5.34. The van der Waals surface area contributed by atoms with E-state index in [-0.39, 0.29) is 24.4 Å². The average Bonchev–Trinajstić information content (AvgIpc) is 2.96. The van der Waals surface area contributed by atoms with Gasteiger partial charge in [-0.25, -0.2) is 4.98 Å². The number of rotatable bonds is 5. The smallest absolute Gasteiger partial charge is 0.227 e. The number of aromatic nitrogens is 1. The van der Waals surface area contributed by atoms with Crippen LogP contribution in [-0.2, 0) is 4.79 Å². The third-order valence-electron chi connectivity index (χ3n) is 3.84. The van der Waals surface area contributed by atoms with Gasteiger partial charge in [0, 0.05) is 41.0 Å². The molecular formula is C17H22ClN3O2S2. The summed E-state index contributed by atoms with van der Waals surface area (Å²) >= 11 is 3.40. The molecule has 1 aliphatic heterocycles. The summed E-state index contributed by atoms with van der Waals surface area (Å²) in [6, 6.07) is 8.05. The summed E-state index contributed by atoms with van der Waals surface area (Å²) in [6.07, 6.45) is 0.490. The average molecular weight is 400 g/mol. The Hall–Kier alpha value is -1.28. The number of aryl methyl sites for hydroxylation is 1. The van der Waals surface area contributed by atoms with Crippen LogP contribution in [0.2, 0.25) is 0 Å². The number of nitrogens with one attached hydrogen (secondary N) is 2. The molecule has 1 saturated heterocycles. The molecule has 1 fully saturated rings. The number of thioether (sulfide) groups is 1. The quantitative estimate of drug-likeness (QED) is 0.804. The van der Waals surface area contributed by atoms with Crippen molar-refractivity contribution >= 4 is 46.5 Å². The molecule has 8 heteroatoms. The van der Waals surface area contributed by atoms with Crippen molar-refractivity contribution in [1.29, 1.82) is 0 Å². The van der Waals surface area contributed by atoms with E-state index in [4.69, 9.17) is 4.74 Å². The summed E-state index contributed by atoms with van der Waals surface area (Å²) in [6.45, 7) is 2.99. The number of amides is 1. The number of ether oxygens (including phenoxy) is 1. The summed E-state index contributed by atoms with van der Waals surface area (Å²) in [5.41, 5.74) is 1.93. The second-order valence-electron chi connectivity index (χ2n) is 5.63. The van der Waals surface area contributed by atoms with Gasteiger partial charge in [0.05, 0.1) is 12.8 Å². The number of thiazole rings is 1. The zero-order valence-corrected chi connectivity index (χ0v) is 16.7. The summed E-state index contributed by atoms with van der Waals surface area (Å²) in [5.74, 6) is 2.94. The van der Waals surface area contributed by atoms with Gasteiger partial charge >= 0.3 is 0 Å². The Kier molecular flexibility index (Phi) is 7.56. The Bertz CT molecular complexity index is 700. The first kappa shape index (κ1) is 20.0. The molecule has 2 N–H and O–H groups in total. The van der Waals surface area contributed by atoms with E-state index < -0.39 is 0 Å². The summed E-state index contributed by atoms with van der Waals surface area (Å²) < 4.78 is 5.18. The molecule has 3 rings (SSSR count). The van der Waals surface area contributed by atoms with Crippen LogP contribution in [0.25, 0.3) is 11.3 Å². The molecule has 5 nitrogen and oxygen atoms in total. The van der Waals surface area contributed by atoms with E-state index in [0.29, 0.717) is 11.6 Å². The van der Waals surface area contributed by atoms with Crippen molar-refractivity contribution in [2.75, 3.05) is 30.5 Å². The monoisotopic (exact) mass is 399 g/mol. The molecule has 1 aliphatic rings. The van der Waals surface area contributed by atoms with Crippen LogP contribution in [0.15, 0.2) is 24.3 Å². The number of anilines is 1.